The summed E-state index contributed by atoms with van der Waals surface area (Å²) in [5.41, 5.74) is 0.573. The van der Waals surface area contributed by atoms with Gasteiger partial charge in [0.05, 0.1) is 23.9 Å². The van der Waals surface area contributed by atoms with E-state index in [0.29, 0.717) is 23.4 Å². The molecule has 0 aliphatic heterocycles. The quantitative estimate of drug-likeness (QED) is 0.544. The van der Waals surface area contributed by atoms with Crippen LogP contribution in [0.15, 0.2) is 10.7 Å². The van der Waals surface area contributed by atoms with Gasteiger partial charge >= 0.3 is 0 Å². The summed E-state index contributed by atoms with van der Waals surface area (Å²) in [4.78, 5) is 11.9. The third-order valence-electron chi connectivity index (χ3n) is 2.16. The summed E-state index contributed by atoms with van der Waals surface area (Å²) < 4.78 is 12.5. The fraction of sp³-hybridized carbons (Fsp3) is 0.636. The molecule has 96 valence electrons. The summed E-state index contributed by atoms with van der Waals surface area (Å²) in [7, 11) is 1.60. The van der Waals surface area contributed by atoms with E-state index in [9.17, 15) is 4.79 Å². The van der Waals surface area contributed by atoms with Gasteiger partial charge in [-0.1, -0.05) is 6.92 Å². The number of aromatic nitrogens is 2. The predicted molar refractivity (Wildman–Crippen MR) is 67.2 cm³/mol. The van der Waals surface area contributed by atoms with Gasteiger partial charge in [-0.2, -0.15) is 5.10 Å². The molecular weight excluding hydrogens is 288 g/mol. The first-order valence-corrected chi connectivity index (χ1v) is 6.31. The minimum atomic E-state index is -0.0704. The van der Waals surface area contributed by atoms with Crippen LogP contribution in [-0.4, -0.2) is 42.5 Å². The van der Waals surface area contributed by atoms with Crippen LogP contribution in [0.25, 0.3) is 0 Å². The van der Waals surface area contributed by atoms with Crippen LogP contribution in [0, 0.1) is 0 Å². The number of carbonyl (C=O) groups is 1. The van der Waals surface area contributed by atoms with Crippen molar-refractivity contribution in [2.75, 3.05) is 26.9 Å². The highest BCUT2D eigenvalue weighted by Gasteiger charge is 2.16. The summed E-state index contributed by atoms with van der Waals surface area (Å²) in [6.45, 7) is 3.73. The molecule has 0 spiro atoms. The summed E-state index contributed by atoms with van der Waals surface area (Å²) in [6.07, 6.45) is 2.57. The Kier molecular flexibility index (Phi) is 6.39. The average molecular weight is 305 g/mol. The Labute approximate surface area is 109 Å². The molecule has 0 bridgehead atoms. The lowest BCUT2D eigenvalue weighted by Gasteiger charge is -2.06. The lowest BCUT2D eigenvalue weighted by molar-refractivity contribution is 0.0568. The van der Waals surface area contributed by atoms with Gasteiger partial charge in [-0.05, 0) is 22.4 Å². The zero-order valence-electron chi connectivity index (χ0n) is 10.1. The number of methoxy groups -OCH3 is 1. The number of rotatable bonds is 8. The van der Waals surface area contributed by atoms with Crippen molar-refractivity contribution in [3.63, 3.8) is 0 Å². The van der Waals surface area contributed by atoms with Gasteiger partial charge in [0.15, 0.2) is 0 Å². The van der Waals surface area contributed by atoms with Crippen LogP contribution >= 0.6 is 15.9 Å². The Morgan fingerprint density at radius 1 is 1.53 bits per heavy atom. The number of ether oxygens (including phenoxy) is 2. The SMILES string of the molecule is CCCn1ncc(Br)c1C(=O)COCCOC. The van der Waals surface area contributed by atoms with E-state index in [4.69, 9.17) is 9.47 Å². The molecule has 0 atom stereocenters. The topological polar surface area (TPSA) is 53.4 Å². The number of carbonyl (C=O) groups excluding carboxylic acids is 1. The molecule has 17 heavy (non-hydrogen) atoms. The van der Waals surface area contributed by atoms with Crippen molar-refractivity contribution in [1.82, 2.24) is 9.78 Å². The molecule has 0 N–H and O–H groups in total. The Morgan fingerprint density at radius 2 is 2.29 bits per heavy atom. The van der Waals surface area contributed by atoms with Gasteiger partial charge in [-0.3, -0.25) is 9.48 Å². The molecule has 1 aromatic rings. The van der Waals surface area contributed by atoms with Crippen LogP contribution in [0.1, 0.15) is 23.8 Å². The number of aryl methyl sites for hydroxylation is 1. The number of hydrogen-bond acceptors (Lipinski definition) is 4. The van der Waals surface area contributed by atoms with Crippen molar-refractivity contribution in [2.45, 2.75) is 19.9 Å². The van der Waals surface area contributed by atoms with Gasteiger partial charge in [0.25, 0.3) is 0 Å². The standard InChI is InChI=1S/C11H17BrN2O3/c1-3-4-14-11(9(12)7-13-14)10(15)8-17-6-5-16-2/h7H,3-6,8H2,1-2H3. The van der Waals surface area contributed by atoms with E-state index in [2.05, 4.69) is 21.0 Å². The molecule has 1 aromatic heterocycles. The number of ketones is 1. The van der Waals surface area contributed by atoms with E-state index >= 15 is 0 Å². The molecule has 0 aromatic carbocycles. The zero-order valence-corrected chi connectivity index (χ0v) is 11.7. The van der Waals surface area contributed by atoms with Crippen molar-refractivity contribution in [3.05, 3.63) is 16.4 Å². The highest BCUT2D eigenvalue weighted by atomic mass is 79.9. The van der Waals surface area contributed by atoms with Crippen LogP contribution in [0.3, 0.4) is 0 Å². The van der Waals surface area contributed by atoms with Gasteiger partial charge in [-0.15, -0.1) is 0 Å². The van der Waals surface area contributed by atoms with Crippen LogP contribution in [0.5, 0.6) is 0 Å². The van der Waals surface area contributed by atoms with E-state index in [0.717, 1.165) is 13.0 Å². The number of hydrogen-bond donors (Lipinski definition) is 0. The largest absolute Gasteiger partial charge is 0.382 e. The molecule has 0 saturated heterocycles. The van der Waals surface area contributed by atoms with Crippen LogP contribution < -0.4 is 0 Å². The Morgan fingerprint density at radius 3 is 2.94 bits per heavy atom. The smallest absolute Gasteiger partial charge is 0.207 e. The first-order chi connectivity index (χ1) is 8.20. The van der Waals surface area contributed by atoms with E-state index in [1.54, 1.807) is 18.0 Å². The summed E-state index contributed by atoms with van der Waals surface area (Å²) >= 11 is 3.33. The van der Waals surface area contributed by atoms with Gasteiger partial charge in [0.2, 0.25) is 5.78 Å². The van der Waals surface area contributed by atoms with Crippen LogP contribution in [0.4, 0.5) is 0 Å². The van der Waals surface area contributed by atoms with Gasteiger partial charge < -0.3 is 9.47 Å². The monoisotopic (exact) mass is 304 g/mol. The molecule has 1 heterocycles. The van der Waals surface area contributed by atoms with Crippen molar-refractivity contribution in [3.8, 4) is 0 Å². The molecule has 0 aliphatic carbocycles. The van der Waals surface area contributed by atoms with E-state index in [-0.39, 0.29) is 12.4 Å². The summed E-state index contributed by atoms with van der Waals surface area (Å²) in [5.74, 6) is -0.0704. The molecule has 0 saturated carbocycles. The molecule has 1 rings (SSSR count). The second-order valence-electron chi connectivity index (χ2n) is 3.53. The van der Waals surface area contributed by atoms with E-state index in [1.807, 2.05) is 6.92 Å². The Hall–Kier alpha value is -0.720. The van der Waals surface area contributed by atoms with Gasteiger partial charge in [0, 0.05) is 13.7 Å². The maximum Gasteiger partial charge on any atom is 0.207 e. The fourth-order valence-corrected chi connectivity index (χ4v) is 1.91. The highest BCUT2D eigenvalue weighted by molar-refractivity contribution is 9.10. The van der Waals surface area contributed by atoms with E-state index in [1.165, 1.54) is 0 Å². The first-order valence-electron chi connectivity index (χ1n) is 5.51. The zero-order chi connectivity index (χ0) is 12.7. The molecule has 5 nitrogen and oxygen atoms in total. The van der Waals surface area contributed by atoms with Gasteiger partial charge in [0.1, 0.15) is 12.3 Å². The third-order valence-corrected chi connectivity index (χ3v) is 2.74. The Bertz CT molecular complexity index is 366. The van der Waals surface area contributed by atoms with Crippen LogP contribution in [-0.2, 0) is 16.0 Å². The number of halogens is 1. The lowest BCUT2D eigenvalue weighted by Crippen LogP contribution is -2.17. The van der Waals surface area contributed by atoms with Crippen molar-refractivity contribution in [1.29, 1.82) is 0 Å². The number of nitrogens with zero attached hydrogens (tertiary/aromatic N) is 2. The summed E-state index contributed by atoms with van der Waals surface area (Å²) in [6, 6.07) is 0. The summed E-state index contributed by atoms with van der Waals surface area (Å²) in [5, 5.41) is 4.14. The van der Waals surface area contributed by atoms with Crippen molar-refractivity contribution >= 4 is 21.7 Å². The highest BCUT2D eigenvalue weighted by Crippen LogP contribution is 2.17. The minimum absolute atomic E-state index is 0.0529. The fourth-order valence-electron chi connectivity index (χ4n) is 1.40. The molecule has 0 aliphatic rings. The van der Waals surface area contributed by atoms with Crippen molar-refractivity contribution < 1.29 is 14.3 Å². The van der Waals surface area contributed by atoms with Crippen LogP contribution in [0.2, 0.25) is 0 Å². The third kappa shape index (κ3) is 4.22. The first kappa shape index (κ1) is 14.3. The molecule has 0 radical (unpaired) electrons. The van der Waals surface area contributed by atoms with E-state index < -0.39 is 0 Å². The minimum Gasteiger partial charge on any atom is -0.382 e. The average Bonchev–Trinajstić information content (AvgIpc) is 2.66. The maximum absolute atomic E-state index is 11.9. The normalized spacial score (nSPS) is 10.8. The Balaban J connectivity index is 2.58. The van der Waals surface area contributed by atoms with Gasteiger partial charge in [-0.25, -0.2) is 0 Å². The molecule has 6 heteroatoms. The molecule has 0 fully saturated rings. The molecular formula is C11H17BrN2O3. The second-order valence-corrected chi connectivity index (χ2v) is 4.39. The molecule has 0 amide bonds. The number of Topliss-reactive ketones (excluding diaryl/α,β-unsaturated/α-hetero) is 1. The second kappa shape index (κ2) is 7.58. The lowest BCUT2D eigenvalue weighted by atomic mass is 10.3. The molecule has 0 unspecified atom stereocenters. The predicted octanol–water partition coefficient (Wildman–Crippen LogP) is 1.90. The maximum atomic E-state index is 11.9. The van der Waals surface area contributed by atoms with Crippen molar-refractivity contribution in [2.24, 2.45) is 0 Å².